The van der Waals surface area contributed by atoms with Crippen LogP contribution in [0.3, 0.4) is 0 Å². The lowest BCUT2D eigenvalue weighted by atomic mass is 9.93. The average Bonchev–Trinajstić information content (AvgIpc) is 2.50. The quantitative estimate of drug-likeness (QED) is 0.800. The van der Waals surface area contributed by atoms with Gasteiger partial charge >= 0.3 is 0 Å². The van der Waals surface area contributed by atoms with E-state index >= 15 is 0 Å². The van der Waals surface area contributed by atoms with Gasteiger partial charge in [0, 0.05) is 8.22 Å². The van der Waals surface area contributed by atoms with Crippen molar-refractivity contribution < 1.29 is 18.1 Å². The summed E-state index contributed by atoms with van der Waals surface area (Å²) in [5, 5.41) is 10.4. The Morgan fingerprint density at radius 2 is 2.00 bits per heavy atom. The molecule has 0 saturated carbocycles. The summed E-state index contributed by atoms with van der Waals surface area (Å²) in [6.07, 6.45) is 2.12. The van der Waals surface area contributed by atoms with Gasteiger partial charge in [-0.15, -0.1) is 0 Å². The Labute approximate surface area is 125 Å². The fourth-order valence-electron chi connectivity index (χ4n) is 1.83. The normalized spacial score (nSPS) is 21.1. The van der Waals surface area contributed by atoms with E-state index in [-0.39, 0.29) is 5.56 Å². The van der Waals surface area contributed by atoms with Crippen molar-refractivity contribution >= 4 is 0 Å². The highest BCUT2D eigenvalue weighted by Crippen LogP contribution is 2.24. The molecule has 0 aromatic heterocycles. The van der Waals surface area contributed by atoms with Crippen molar-refractivity contribution in [3.63, 3.8) is 0 Å². The van der Waals surface area contributed by atoms with Crippen molar-refractivity contribution in [1.29, 1.82) is 0 Å². The minimum absolute atomic E-state index is 0.212. The monoisotopic (exact) mass is 271 g/mol. The number of hydrogen-bond acceptors (Lipinski definition) is 3. The molecule has 2 atom stereocenters. The molecule has 0 amide bonds. The predicted octanol–water partition coefficient (Wildman–Crippen LogP) is 3.27. The maximum absolute atomic E-state index is 10.4. The predicted molar refractivity (Wildman–Crippen MR) is 79.2 cm³/mol. The Bertz CT molecular complexity index is 527. The molecule has 108 valence electrons. The third kappa shape index (κ3) is 5.21. The molecule has 3 nitrogen and oxygen atoms in total. The number of aliphatic hydroxyl groups is 1. The van der Waals surface area contributed by atoms with Gasteiger partial charge in [-0.2, -0.15) is 0 Å². The Balaban J connectivity index is 2.97. The molecule has 0 aliphatic carbocycles. The fourth-order valence-corrected chi connectivity index (χ4v) is 1.83. The Kier molecular flexibility index (Phi) is 3.27. The zero-order valence-corrected chi connectivity index (χ0v) is 11.5. The summed E-state index contributed by atoms with van der Waals surface area (Å²) in [5.41, 5.74) is 3.01. The molecule has 0 spiro atoms. The smallest absolute Gasteiger partial charge is 0.119 e. The molecule has 1 unspecified atom stereocenters. The number of rotatable bonds is 7. The van der Waals surface area contributed by atoms with E-state index in [0.29, 0.717) is 18.3 Å². The summed E-state index contributed by atoms with van der Waals surface area (Å²) in [7, 11) is 0. The summed E-state index contributed by atoms with van der Waals surface area (Å²) < 4.78 is 50.3. The second-order valence-electron chi connectivity index (χ2n) is 5.02. The summed E-state index contributed by atoms with van der Waals surface area (Å²) in [6, 6.07) is 4.54. The molecule has 0 heterocycles. The topological polar surface area (TPSA) is 55.5 Å². The molecule has 1 rings (SSSR count). The van der Waals surface area contributed by atoms with Gasteiger partial charge in [0.15, 0.2) is 0 Å². The summed E-state index contributed by atoms with van der Waals surface area (Å²) in [5.74, 6) is 0.980. The van der Waals surface area contributed by atoms with Crippen LogP contribution in [0.4, 0.5) is 0 Å². The largest absolute Gasteiger partial charge is 0.493 e. The molecule has 0 saturated heterocycles. The summed E-state index contributed by atoms with van der Waals surface area (Å²) in [4.78, 5) is 0. The minimum atomic E-state index is -3.16. The molecule has 3 heteroatoms. The molecule has 1 aromatic carbocycles. The zero-order chi connectivity index (χ0) is 19.5. The first-order chi connectivity index (χ1) is 11.3. The highest BCUT2D eigenvalue weighted by Gasteiger charge is 2.24. The SMILES string of the molecule is [2H]C([2H])([2H])C(O)([C@H](N)c1ccc(OCC(C)CCC)cc1)C([2H])([2H])[2H]. The highest BCUT2D eigenvalue weighted by molar-refractivity contribution is 5.30. The van der Waals surface area contributed by atoms with Crippen LogP contribution in [0, 0.1) is 5.92 Å². The van der Waals surface area contributed by atoms with Crippen LogP contribution in [0.15, 0.2) is 24.3 Å². The van der Waals surface area contributed by atoms with E-state index in [9.17, 15) is 5.11 Å². The van der Waals surface area contributed by atoms with Crippen LogP contribution < -0.4 is 10.5 Å². The van der Waals surface area contributed by atoms with Gasteiger partial charge in [0.1, 0.15) is 5.75 Å². The Morgan fingerprint density at radius 3 is 2.53 bits per heavy atom. The summed E-state index contributed by atoms with van der Waals surface area (Å²) >= 11 is 0. The third-order valence-corrected chi connectivity index (χ3v) is 3.01. The fraction of sp³-hybridized carbons (Fsp3) is 0.625. The molecule has 3 N–H and O–H groups in total. The van der Waals surface area contributed by atoms with Crippen molar-refractivity contribution in [1.82, 2.24) is 0 Å². The first kappa shape index (κ1) is 8.98. The standard InChI is InChI=1S/C16H27NO2/c1-5-6-12(2)11-19-14-9-7-13(8-10-14)15(17)16(3,4)18/h7-10,12,15,18H,5-6,11,17H2,1-4H3/t12?,15-/m1/s1/i3D3,4D3. The van der Waals surface area contributed by atoms with Crippen LogP contribution in [0.5, 0.6) is 5.75 Å². The number of benzene rings is 1. The third-order valence-electron chi connectivity index (χ3n) is 3.01. The lowest BCUT2D eigenvalue weighted by Crippen LogP contribution is -2.34. The highest BCUT2D eigenvalue weighted by atomic mass is 16.5. The van der Waals surface area contributed by atoms with Gasteiger partial charge in [0.05, 0.1) is 18.2 Å². The van der Waals surface area contributed by atoms with Crippen molar-refractivity contribution in [2.24, 2.45) is 11.7 Å². The van der Waals surface area contributed by atoms with E-state index in [1.807, 2.05) is 0 Å². The van der Waals surface area contributed by atoms with Gasteiger partial charge < -0.3 is 15.6 Å². The molecule has 0 aliphatic rings. The number of nitrogens with two attached hydrogens (primary N) is 1. The second kappa shape index (κ2) is 6.92. The maximum atomic E-state index is 10.4. The first-order valence-electron chi connectivity index (χ1n) is 9.55. The van der Waals surface area contributed by atoms with Gasteiger partial charge in [-0.3, -0.25) is 0 Å². The van der Waals surface area contributed by atoms with E-state index in [0.717, 1.165) is 12.8 Å². The molecule has 19 heavy (non-hydrogen) atoms. The summed E-state index contributed by atoms with van der Waals surface area (Å²) in [6.45, 7) is -1.59. The maximum Gasteiger partial charge on any atom is 0.119 e. The lowest BCUT2D eigenvalue weighted by molar-refractivity contribution is 0.0517. The van der Waals surface area contributed by atoms with E-state index in [1.165, 1.54) is 12.1 Å². The minimum Gasteiger partial charge on any atom is -0.493 e. The number of ether oxygens (including phenoxy) is 1. The van der Waals surface area contributed by atoms with Crippen molar-refractivity contribution in [3.05, 3.63) is 29.8 Å². The van der Waals surface area contributed by atoms with Crippen LogP contribution in [0.1, 0.15) is 60.2 Å². The van der Waals surface area contributed by atoms with Gasteiger partial charge in [-0.25, -0.2) is 0 Å². The van der Waals surface area contributed by atoms with Gasteiger partial charge in [-0.1, -0.05) is 32.4 Å². The molecular formula is C16H27NO2. The number of hydrogen-bond donors (Lipinski definition) is 2. The van der Waals surface area contributed by atoms with E-state index in [2.05, 4.69) is 13.8 Å². The zero-order valence-electron chi connectivity index (χ0n) is 17.5. The Morgan fingerprint density at radius 1 is 1.37 bits per heavy atom. The van der Waals surface area contributed by atoms with Crippen molar-refractivity contribution in [2.75, 3.05) is 6.61 Å². The van der Waals surface area contributed by atoms with Crippen LogP contribution in [0.25, 0.3) is 0 Å². The van der Waals surface area contributed by atoms with Crippen LogP contribution in [-0.2, 0) is 0 Å². The van der Waals surface area contributed by atoms with Crippen molar-refractivity contribution in [3.8, 4) is 5.75 Å². The van der Waals surface area contributed by atoms with Crippen LogP contribution in [-0.4, -0.2) is 17.3 Å². The van der Waals surface area contributed by atoms with Crippen LogP contribution >= 0.6 is 0 Å². The molecular weight excluding hydrogens is 238 g/mol. The molecule has 0 bridgehead atoms. The van der Waals surface area contributed by atoms with Gasteiger partial charge in [0.25, 0.3) is 0 Å². The van der Waals surface area contributed by atoms with E-state index in [1.54, 1.807) is 12.1 Å². The Hall–Kier alpha value is -1.06. The molecule has 0 fully saturated rings. The lowest BCUT2D eigenvalue weighted by Gasteiger charge is -2.26. The van der Waals surface area contributed by atoms with Gasteiger partial charge in [-0.05, 0) is 43.7 Å². The van der Waals surface area contributed by atoms with Crippen molar-refractivity contribution in [2.45, 2.75) is 52.0 Å². The molecule has 0 aliphatic heterocycles. The molecule has 1 aromatic rings. The van der Waals surface area contributed by atoms with E-state index < -0.39 is 25.3 Å². The van der Waals surface area contributed by atoms with Crippen LogP contribution in [0.2, 0.25) is 0 Å². The first-order valence-corrected chi connectivity index (χ1v) is 6.55. The molecule has 0 radical (unpaired) electrons. The van der Waals surface area contributed by atoms with Gasteiger partial charge in [0.2, 0.25) is 0 Å². The average molecular weight is 271 g/mol. The second-order valence-corrected chi connectivity index (χ2v) is 5.02. The van der Waals surface area contributed by atoms with E-state index in [4.69, 9.17) is 18.7 Å².